The lowest BCUT2D eigenvalue weighted by Crippen LogP contribution is -2.43. The van der Waals surface area contributed by atoms with Crippen LogP contribution in [0.15, 0.2) is 60.7 Å². The van der Waals surface area contributed by atoms with Crippen molar-refractivity contribution in [1.29, 1.82) is 0 Å². The third kappa shape index (κ3) is 2.66. The number of ether oxygens (including phenoxy) is 1. The van der Waals surface area contributed by atoms with E-state index >= 15 is 0 Å². The van der Waals surface area contributed by atoms with Crippen LogP contribution in [-0.4, -0.2) is 41.2 Å². The second kappa shape index (κ2) is 6.28. The third-order valence-electron chi connectivity index (χ3n) is 5.77. The summed E-state index contributed by atoms with van der Waals surface area (Å²) in [6.45, 7) is 0. The quantitative estimate of drug-likeness (QED) is 0.872. The van der Waals surface area contributed by atoms with E-state index in [2.05, 4.69) is 11.9 Å². The van der Waals surface area contributed by atoms with E-state index in [4.69, 9.17) is 4.74 Å². The molecule has 2 aliphatic heterocycles. The average Bonchev–Trinajstić information content (AvgIpc) is 3.16. The van der Waals surface area contributed by atoms with Crippen LogP contribution in [0.2, 0.25) is 0 Å². The van der Waals surface area contributed by atoms with Gasteiger partial charge in [0.05, 0.1) is 0 Å². The molecule has 25 heavy (non-hydrogen) atoms. The number of esters is 1. The highest BCUT2D eigenvalue weighted by Gasteiger charge is 2.49. The fourth-order valence-corrected chi connectivity index (χ4v) is 4.31. The molecule has 2 aliphatic rings. The standard InChI is InChI=1S/C21H23NO3/c1-22-17-12-13-18(22)19(14-17)25-20(23)21(24,15-8-4-2-5-9-15)16-10-6-3-7-11-16/h2-11,17-19,24H,12-14H2,1H3. The zero-order valence-corrected chi connectivity index (χ0v) is 14.3. The molecule has 0 aromatic heterocycles. The van der Waals surface area contributed by atoms with Gasteiger partial charge in [0.15, 0.2) is 0 Å². The van der Waals surface area contributed by atoms with E-state index in [0.29, 0.717) is 17.2 Å². The minimum absolute atomic E-state index is 0.143. The molecule has 2 fully saturated rings. The molecule has 0 radical (unpaired) electrons. The van der Waals surface area contributed by atoms with E-state index in [-0.39, 0.29) is 12.1 Å². The van der Waals surface area contributed by atoms with Crippen molar-refractivity contribution in [2.75, 3.05) is 7.05 Å². The van der Waals surface area contributed by atoms with Crippen LogP contribution in [-0.2, 0) is 15.1 Å². The molecule has 4 nitrogen and oxygen atoms in total. The highest BCUT2D eigenvalue weighted by molar-refractivity contribution is 5.85. The number of nitrogens with zero attached hydrogens (tertiary/aromatic N) is 1. The number of likely N-dealkylation sites (N-methyl/N-ethyl adjacent to an activating group) is 1. The van der Waals surface area contributed by atoms with Gasteiger partial charge in [-0.2, -0.15) is 0 Å². The Labute approximate surface area is 148 Å². The second-order valence-electron chi connectivity index (χ2n) is 7.09. The van der Waals surface area contributed by atoms with Crippen molar-refractivity contribution in [3.63, 3.8) is 0 Å². The van der Waals surface area contributed by atoms with Gasteiger partial charge in [-0.25, -0.2) is 4.79 Å². The maximum Gasteiger partial charge on any atom is 0.348 e. The minimum atomic E-state index is -1.79. The summed E-state index contributed by atoms with van der Waals surface area (Å²) in [5.41, 5.74) is -0.728. The lowest BCUT2D eigenvalue weighted by molar-refractivity contribution is -0.169. The van der Waals surface area contributed by atoms with Crippen molar-refractivity contribution in [2.45, 2.75) is 43.1 Å². The Morgan fingerprint density at radius 1 is 1.04 bits per heavy atom. The van der Waals surface area contributed by atoms with E-state index in [1.807, 2.05) is 36.4 Å². The molecule has 3 unspecified atom stereocenters. The topological polar surface area (TPSA) is 49.8 Å². The molecule has 1 N–H and O–H groups in total. The van der Waals surface area contributed by atoms with Crippen LogP contribution in [0.3, 0.4) is 0 Å². The van der Waals surface area contributed by atoms with Crippen LogP contribution in [0.4, 0.5) is 0 Å². The van der Waals surface area contributed by atoms with Gasteiger partial charge in [-0.3, -0.25) is 4.90 Å². The second-order valence-corrected chi connectivity index (χ2v) is 7.09. The van der Waals surface area contributed by atoms with Crippen LogP contribution < -0.4 is 0 Å². The number of rotatable bonds is 4. The monoisotopic (exact) mass is 337 g/mol. The lowest BCUT2D eigenvalue weighted by atomic mass is 9.86. The van der Waals surface area contributed by atoms with E-state index < -0.39 is 11.6 Å². The van der Waals surface area contributed by atoms with Gasteiger partial charge in [0.2, 0.25) is 5.60 Å². The molecule has 2 heterocycles. The molecule has 3 atom stereocenters. The van der Waals surface area contributed by atoms with Gasteiger partial charge < -0.3 is 9.84 Å². The predicted octanol–water partition coefficient (Wildman–Crippen LogP) is 2.70. The summed E-state index contributed by atoms with van der Waals surface area (Å²) in [5, 5.41) is 11.4. The summed E-state index contributed by atoms with van der Waals surface area (Å²) in [5.74, 6) is -0.587. The highest BCUT2D eigenvalue weighted by atomic mass is 16.6. The fraction of sp³-hybridized carbons (Fsp3) is 0.381. The van der Waals surface area contributed by atoms with Gasteiger partial charge in [-0.1, -0.05) is 60.7 Å². The van der Waals surface area contributed by atoms with E-state index in [1.54, 1.807) is 24.3 Å². The largest absolute Gasteiger partial charge is 0.458 e. The molecule has 2 saturated heterocycles. The molecule has 2 aromatic carbocycles. The number of hydrogen-bond donors (Lipinski definition) is 1. The molecule has 4 heteroatoms. The maximum atomic E-state index is 13.1. The first-order valence-corrected chi connectivity index (χ1v) is 8.87. The van der Waals surface area contributed by atoms with Gasteiger partial charge in [0, 0.05) is 18.5 Å². The van der Waals surface area contributed by atoms with Crippen molar-refractivity contribution in [1.82, 2.24) is 4.90 Å². The molecule has 4 rings (SSSR count). The molecule has 2 bridgehead atoms. The number of carbonyl (C=O) groups excluding carboxylic acids is 1. The van der Waals surface area contributed by atoms with Crippen LogP contribution in [0.5, 0.6) is 0 Å². The Bertz CT molecular complexity index is 707. The van der Waals surface area contributed by atoms with E-state index in [9.17, 15) is 9.90 Å². The predicted molar refractivity (Wildman–Crippen MR) is 95.0 cm³/mol. The number of aliphatic hydroxyl groups is 1. The third-order valence-corrected chi connectivity index (χ3v) is 5.77. The minimum Gasteiger partial charge on any atom is -0.458 e. The number of benzene rings is 2. The zero-order valence-electron chi connectivity index (χ0n) is 14.3. The number of hydrogen-bond acceptors (Lipinski definition) is 4. The summed E-state index contributed by atoms with van der Waals surface area (Å²) < 4.78 is 5.86. The molecule has 0 saturated carbocycles. The number of carbonyl (C=O) groups is 1. The van der Waals surface area contributed by atoms with Gasteiger partial charge in [-0.15, -0.1) is 0 Å². The van der Waals surface area contributed by atoms with Crippen molar-refractivity contribution < 1.29 is 14.6 Å². The van der Waals surface area contributed by atoms with Crippen molar-refractivity contribution in [3.8, 4) is 0 Å². The summed E-state index contributed by atoms with van der Waals surface area (Å²) in [4.78, 5) is 15.4. The summed E-state index contributed by atoms with van der Waals surface area (Å²) in [7, 11) is 2.09. The molecule has 0 spiro atoms. The Kier molecular flexibility index (Phi) is 4.10. The molecule has 130 valence electrons. The SMILES string of the molecule is CN1C2CCC1C(OC(=O)C(O)(c1ccccc1)c1ccccc1)C2. The van der Waals surface area contributed by atoms with Crippen molar-refractivity contribution >= 4 is 5.97 Å². The average molecular weight is 337 g/mol. The van der Waals surface area contributed by atoms with Gasteiger partial charge in [-0.05, 0) is 31.0 Å². The van der Waals surface area contributed by atoms with E-state index in [1.165, 1.54) is 0 Å². The molecule has 2 aromatic rings. The summed E-state index contributed by atoms with van der Waals surface area (Å²) >= 11 is 0. The van der Waals surface area contributed by atoms with Crippen LogP contribution in [0.25, 0.3) is 0 Å². The maximum absolute atomic E-state index is 13.1. The Morgan fingerprint density at radius 2 is 1.60 bits per heavy atom. The van der Waals surface area contributed by atoms with Crippen molar-refractivity contribution in [2.24, 2.45) is 0 Å². The summed E-state index contributed by atoms with van der Waals surface area (Å²) in [6, 6.07) is 18.8. The van der Waals surface area contributed by atoms with Crippen molar-refractivity contribution in [3.05, 3.63) is 71.8 Å². The van der Waals surface area contributed by atoms with E-state index in [0.717, 1.165) is 19.3 Å². The van der Waals surface area contributed by atoms with Gasteiger partial charge in [0.1, 0.15) is 6.10 Å². The smallest absolute Gasteiger partial charge is 0.348 e. The molecular formula is C21H23NO3. The van der Waals surface area contributed by atoms with Gasteiger partial charge >= 0.3 is 5.97 Å². The molecular weight excluding hydrogens is 314 g/mol. The van der Waals surface area contributed by atoms with Gasteiger partial charge in [0.25, 0.3) is 0 Å². The fourth-order valence-electron chi connectivity index (χ4n) is 4.31. The van der Waals surface area contributed by atoms with Crippen LogP contribution >= 0.6 is 0 Å². The van der Waals surface area contributed by atoms with Crippen LogP contribution in [0, 0.1) is 0 Å². The Morgan fingerprint density at radius 3 is 2.04 bits per heavy atom. The molecule has 0 amide bonds. The first-order chi connectivity index (χ1) is 12.1. The normalized spacial score (nSPS) is 25.9. The van der Waals surface area contributed by atoms with Crippen LogP contribution in [0.1, 0.15) is 30.4 Å². The Hall–Kier alpha value is -2.17. The first-order valence-electron chi connectivity index (χ1n) is 8.87. The highest BCUT2D eigenvalue weighted by Crippen LogP contribution is 2.39. The zero-order chi connectivity index (χ0) is 17.4. The summed E-state index contributed by atoms with van der Waals surface area (Å²) in [6.07, 6.45) is 2.92. The lowest BCUT2D eigenvalue weighted by Gasteiger charge is -2.30. The Balaban J connectivity index is 1.66. The first kappa shape index (κ1) is 16.3. The number of fused-ring (bicyclic) bond motifs is 2. The molecule has 0 aliphatic carbocycles.